The average molecular weight is 277 g/mol. The number of amides is 2. The third kappa shape index (κ3) is 2.91. The molecule has 0 saturated carbocycles. The summed E-state index contributed by atoms with van der Waals surface area (Å²) in [5, 5.41) is 5.59. The molecule has 4 N–H and O–H groups in total. The number of anilines is 1. The monoisotopic (exact) mass is 277 g/mol. The summed E-state index contributed by atoms with van der Waals surface area (Å²) in [6, 6.07) is 5.28. The lowest BCUT2D eigenvalue weighted by atomic mass is 10.1. The van der Waals surface area contributed by atoms with Crippen LogP contribution >= 0.6 is 0 Å². The maximum absolute atomic E-state index is 11.7. The number of nitrogens with two attached hydrogens (primary N) is 1. The Morgan fingerprint density at radius 2 is 2.30 bits per heavy atom. The number of rotatable bonds is 4. The first-order valence-corrected chi connectivity index (χ1v) is 6.66. The Balaban J connectivity index is 2.19. The Kier molecular flexibility index (Phi) is 4.24. The molecule has 6 nitrogen and oxygen atoms in total. The highest BCUT2D eigenvalue weighted by molar-refractivity contribution is 5.97. The van der Waals surface area contributed by atoms with Crippen molar-refractivity contribution in [1.82, 2.24) is 5.32 Å². The van der Waals surface area contributed by atoms with Gasteiger partial charge in [0.05, 0.1) is 18.3 Å². The number of fused-ring (bicyclic) bond motifs is 1. The van der Waals surface area contributed by atoms with Crippen LogP contribution in [-0.2, 0) is 9.59 Å². The fraction of sp³-hybridized carbons (Fsp3) is 0.429. The Labute approximate surface area is 117 Å². The molecule has 2 atom stereocenters. The van der Waals surface area contributed by atoms with Gasteiger partial charge in [-0.3, -0.25) is 9.59 Å². The Morgan fingerprint density at radius 3 is 2.95 bits per heavy atom. The van der Waals surface area contributed by atoms with Crippen LogP contribution in [0.5, 0.6) is 5.75 Å². The van der Waals surface area contributed by atoms with E-state index in [9.17, 15) is 9.59 Å². The van der Waals surface area contributed by atoms with Crippen LogP contribution in [0.4, 0.5) is 5.69 Å². The highest BCUT2D eigenvalue weighted by atomic mass is 16.5. The first-order chi connectivity index (χ1) is 9.55. The highest BCUT2D eigenvalue weighted by Crippen LogP contribution is 2.32. The van der Waals surface area contributed by atoms with Crippen molar-refractivity contribution < 1.29 is 14.3 Å². The maximum atomic E-state index is 11.7. The molecule has 1 aliphatic rings. The lowest BCUT2D eigenvalue weighted by Gasteiger charge is -2.26. The molecule has 0 spiro atoms. The number of benzene rings is 1. The van der Waals surface area contributed by atoms with Crippen LogP contribution in [-0.4, -0.2) is 24.5 Å². The Bertz CT molecular complexity index is 530. The zero-order valence-corrected chi connectivity index (χ0v) is 11.6. The molecule has 0 fully saturated rings. The molecule has 0 aromatic heterocycles. The van der Waals surface area contributed by atoms with E-state index >= 15 is 0 Å². The van der Waals surface area contributed by atoms with Crippen molar-refractivity contribution in [3.05, 3.63) is 23.8 Å². The summed E-state index contributed by atoms with van der Waals surface area (Å²) in [5.41, 5.74) is 6.83. The molecule has 2 unspecified atom stereocenters. The van der Waals surface area contributed by atoms with E-state index in [0.29, 0.717) is 17.9 Å². The van der Waals surface area contributed by atoms with Crippen molar-refractivity contribution in [1.29, 1.82) is 0 Å². The van der Waals surface area contributed by atoms with Crippen LogP contribution < -0.4 is 21.1 Å². The molecule has 1 heterocycles. The zero-order valence-electron chi connectivity index (χ0n) is 11.6. The van der Waals surface area contributed by atoms with E-state index < -0.39 is 6.10 Å². The number of hydrogen-bond donors (Lipinski definition) is 3. The first kappa shape index (κ1) is 14.3. The molecule has 0 radical (unpaired) electrons. The van der Waals surface area contributed by atoms with E-state index in [1.54, 1.807) is 6.07 Å². The van der Waals surface area contributed by atoms with E-state index in [-0.39, 0.29) is 24.4 Å². The summed E-state index contributed by atoms with van der Waals surface area (Å²) in [6.07, 6.45) is 0.140. The number of carbonyl (C=O) groups excluding carboxylic acids is 2. The summed E-state index contributed by atoms with van der Waals surface area (Å²) in [6.45, 7) is 3.72. The molecular formula is C14H19N3O3. The van der Waals surface area contributed by atoms with E-state index in [0.717, 1.165) is 5.56 Å². The molecule has 0 saturated heterocycles. The van der Waals surface area contributed by atoms with Gasteiger partial charge < -0.3 is 21.1 Å². The van der Waals surface area contributed by atoms with Gasteiger partial charge >= 0.3 is 0 Å². The number of nitrogens with one attached hydrogen (secondary N) is 2. The Hall–Kier alpha value is -2.08. The summed E-state index contributed by atoms with van der Waals surface area (Å²) in [5.74, 6) is 0.288. The SMILES string of the molecule is CCC1Oc2cc(C(C)NC(=O)CN)ccc2NC1=O. The minimum absolute atomic E-state index is 0.0419. The zero-order chi connectivity index (χ0) is 14.7. The molecule has 2 rings (SSSR count). The predicted octanol–water partition coefficient (Wildman–Crippen LogP) is 0.932. The van der Waals surface area contributed by atoms with Crippen molar-refractivity contribution in [2.75, 3.05) is 11.9 Å². The van der Waals surface area contributed by atoms with Crippen LogP contribution in [0.1, 0.15) is 31.9 Å². The van der Waals surface area contributed by atoms with Crippen LogP contribution in [0.15, 0.2) is 18.2 Å². The Morgan fingerprint density at radius 1 is 1.55 bits per heavy atom. The smallest absolute Gasteiger partial charge is 0.265 e. The van der Waals surface area contributed by atoms with Gasteiger partial charge in [-0.25, -0.2) is 0 Å². The first-order valence-electron chi connectivity index (χ1n) is 6.66. The number of carbonyl (C=O) groups is 2. The lowest BCUT2D eigenvalue weighted by molar-refractivity contribution is -0.123. The van der Waals surface area contributed by atoms with Crippen LogP contribution in [0.2, 0.25) is 0 Å². The van der Waals surface area contributed by atoms with Crippen LogP contribution in [0.25, 0.3) is 0 Å². The minimum atomic E-state index is -0.466. The van der Waals surface area contributed by atoms with Gasteiger partial charge in [-0.2, -0.15) is 0 Å². The molecule has 1 aromatic carbocycles. The van der Waals surface area contributed by atoms with Gasteiger partial charge in [-0.1, -0.05) is 13.0 Å². The van der Waals surface area contributed by atoms with Crippen LogP contribution in [0.3, 0.4) is 0 Å². The summed E-state index contributed by atoms with van der Waals surface area (Å²) in [7, 11) is 0. The highest BCUT2D eigenvalue weighted by Gasteiger charge is 2.26. The maximum Gasteiger partial charge on any atom is 0.265 e. The molecule has 1 aliphatic heterocycles. The van der Waals surface area contributed by atoms with Gasteiger partial charge in [0.2, 0.25) is 5.91 Å². The second-order valence-electron chi connectivity index (χ2n) is 4.75. The summed E-state index contributed by atoms with van der Waals surface area (Å²) in [4.78, 5) is 23.0. The van der Waals surface area contributed by atoms with Gasteiger partial charge in [0.15, 0.2) is 6.10 Å². The normalized spacial score (nSPS) is 18.6. The third-order valence-corrected chi connectivity index (χ3v) is 3.26. The fourth-order valence-electron chi connectivity index (χ4n) is 2.08. The van der Waals surface area contributed by atoms with Crippen molar-refractivity contribution in [3.63, 3.8) is 0 Å². The molecule has 6 heteroatoms. The van der Waals surface area contributed by atoms with Gasteiger partial charge in [0, 0.05) is 0 Å². The second-order valence-corrected chi connectivity index (χ2v) is 4.75. The minimum Gasteiger partial charge on any atom is -0.478 e. The van der Waals surface area contributed by atoms with E-state index in [4.69, 9.17) is 10.5 Å². The van der Waals surface area contributed by atoms with Crippen molar-refractivity contribution in [2.45, 2.75) is 32.4 Å². The number of hydrogen-bond acceptors (Lipinski definition) is 4. The standard InChI is InChI=1S/C14H19N3O3/c1-3-11-14(19)17-10-5-4-9(6-12(10)20-11)8(2)16-13(18)7-15/h4-6,8,11H,3,7,15H2,1-2H3,(H,16,18)(H,17,19). The number of ether oxygens (including phenoxy) is 1. The van der Waals surface area contributed by atoms with E-state index in [2.05, 4.69) is 10.6 Å². The molecule has 0 bridgehead atoms. The van der Waals surface area contributed by atoms with Gasteiger partial charge in [0.25, 0.3) is 5.91 Å². The predicted molar refractivity (Wildman–Crippen MR) is 75.4 cm³/mol. The van der Waals surface area contributed by atoms with Crippen molar-refractivity contribution in [3.8, 4) is 5.75 Å². The summed E-state index contributed by atoms with van der Waals surface area (Å²) >= 11 is 0. The molecule has 108 valence electrons. The fourth-order valence-corrected chi connectivity index (χ4v) is 2.08. The summed E-state index contributed by atoms with van der Waals surface area (Å²) < 4.78 is 5.67. The molecular weight excluding hydrogens is 258 g/mol. The molecule has 1 aromatic rings. The van der Waals surface area contributed by atoms with Crippen molar-refractivity contribution >= 4 is 17.5 Å². The quantitative estimate of drug-likeness (QED) is 0.763. The second kappa shape index (κ2) is 5.92. The third-order valence-electron chi connectivity index (χ3n) is 3.26. The average Bonchev–Trinajstić information content (AvgIpc) is 2.45. The van der Waals surface area contributed by atoms with E-state index in [1.807, 2.05) is 26.0 Å². The van der Waals surface area contributed by atoms with Gasteiger partial charge in [0.1, 0.15) is 5.75 Å². The largest absolute Gasteiger partial charge is 0.478 e. The topological polar surface area (TPSA) is 93.4 Å². The van der Waals surface area contributed by atoms with Crippen molar-refractivity contribution in [2.24, 2.45) is 5.73 Å². The molecule has 0 aliphatic carbocycles. The van der Waals surface area contributed by atoms with E-state index in [1.165, 1.54) is 0 Å². The van der Waals surface area contributed by atoms with Gasteiger partial charge in [-0.15, -0.1) is 0 Å². The van der Waals surface area contributed by atoms with Gasteiger partial charge in [-0.05, 0) is 31.0 Å². The molecule has 20 heavy (non-hydrogen) atoms. The van der Waals surface area contributed by atoms with Crippen LogP contribution in [0, 0.1) is 0 Å². The lowest BCUT2D eigenvalue weighted by Crippen LogP contribution is -2.36. The molecule has 2 amide bonds.